The number of carbonyl (C=O) groups excluding carboxylic acids is 2. The van der Waals surface area contributed by atoms with Gasteiger partial charge in [-0.2, -0.15) is 4.31 Å². The van der Waals surface area contributed by atoms with Crippen molar-refractivity contribution in [1.82, 2.24) is 14.6 Å². The molecule has 0 atom stereocenters. The zero-order valence-corrected chi connectivity index (χ0v) is 17.5. The zero-order valence-electron chi connectivity index (χ0n) is 16.7. The molecular formula is C20H25N3O6S. The minimum absolute atomic E-state index is 0.0287. The second-order valence-electron chi connectivity index (χ2n) is 6.87. The van der Waals surface area contributed by atoms with Crippen LogP contribution in [-0.4, -0.2) is 69.0 Å². The van der Waals surface area contributed by atoms with E-state index >= 15 is 0 Å². The van der Waals surface area contributed by atoms with Crippen LogP contribution in [0.1, 0.15) is 21.6 Å². The van der Waals surface area contributed by atoms with E-state index in [2.05, 4.69) is 10.3 Å². The molecule has 162 valence electrons. The third kappa shape index (κ3) is 5.47. The minimum Gasteiger partial charge on any atom is -0.451 e. The molecule has 0 saturated carbocycles. The first-order valence-corrected chi connectivity index (χ1v) is 11.1. The van der Waals surface area contributed by atoms with Crippen LogP contribution in [-0.2, 0) is 30.7 Å². The standard InChI is InChI=1S/C20H25N3O6S/c1-15-4-2-3-5-16(15)6-7-21-19(24)14-29-20(25)18-12-17(13-22-18)30(26,27)23-8-10-28-11-9-23/h2-5,12-13,22H,6-11,14H2,1H3,(H,21,24). The molecule has 0 unspecified atom stereocenters. The van der Waals surface area contributed by atoms with Crippen LogP contribution in [0, 0.1) is 6.92 Å². The molecule has 0 aliphatic carbocycles. The summed E-state index contributed by atoms with van der Waals surface area (Å²) < 4.78 is 36.6. The summed E-state index contributed by atoms with van der Waals surface area (Å²) in [6.45, 7) is 3.16. The van der Waals surface area contributed by atoms with Gasteiger partial charge in [0.15, 0.2) is 6.61 Å². The first-order valence-electron chi connectivity index (χ1n) is 9.62. The molecule has 9 nitrogen and oxygen atoms in total. The molecule has 1 amide bonds. The number of aromatic amines is 1. The topological polar surface area (TPSA) is 118 Å². The van der Waals surface area contributed by atoms with Crippen LogP contribution in [0.5, 0.6) is 0 Å². The van der Waals surface area contributed by atoms with Crippen LogP contribution >= 0.6 is 0 Å². The maximum atomic E-state index is 12.6. The number of esters is 1. The van der Waals surface area contributed by atoms with Crippen molar-refractivity contribution in [2.45, 2.75) is 18.2 Å². The van der Waals surface area contributed by atoms with E-state index in [0.717, 1.165) is 11.1 Å². The number of morpholine rings is 1. The number of nitrogens with one attached hydrogen (secondary N) is 2. The number of amides is 1. The quantitative estimate of drug-likeness (QED) is 0.594. The van der Waals surface area contributed by atoms with Gasteiger partial charge in [0.1, 0.15) is 10.6 Å². The van der Waals surface area contributed by atoms with E-state index in [4.69, 9.17) is 9.47 Å². The van der Waals surface area contributed by atoms with Crippen molar-refractivity contribution < 1.29 is 27.5 Å². The Morgan fingerprint density at radius 2 is 1.97 bits per heavy atom. The van der Waals surface area contributed by atoms with Crippen molar-refractivity contribution in [3.8, 4) is 0 Å². The number of carbonyl (C=O) groups is 2. The molecule has 2 N–H and O–H groups in total. The molecule has 1 fully saturated rings. The molecule has 0 radical (unpaired) electrons. The van der Waals surface area contributed by atoms with Gasteiger partial charge in [0.2, 0.25) is 10.0 Å². The Hall–Kier alpha value is -2.69. The highest BCUT2D eigenvalue weighted by atomic mass is 32.2. The van der Waals surface area contributed by atoms with Crippen LogP contribution in [0.25, 0.3) is 0 Å². The number of aromatic nitrogens is 1. The van der Waals surface area contributed by atoms with Gasteiger partial charge in [-0.05, 0) is 30.5 Å². The summed E-state index contributed by atoms with van der Waals surface area (Å²) in [5.41, 5.74) is 2.25. The summed E-state index contributed by atoms with van der Waals surface area (Å²) in [7, 11) is -3.71. The Kier molecular flexibility index (Phi) is 7.24. The van der Waals surface area contributed by atoms with Gasteiger partial charge >= 0.3 is 5.97 Å². The van der Waals surface area contributed by atoms with E-state index in [0.29, 0.717) is 26.2 Å². The predicted octanol–water partition coefficient (Wildman–Crippen LogP) is 0.860. The minimum atomic E-state index is -3.71. The highest BCUT2D eigenvalue weighted by Crippen LogP contribution is 2.18. The summed E-state index contributed by atoms with van der Waals surface area (Å²) in [6, 6.07) is 9.10. The van der Waals surface area contributed by atoms with E-state index in [9.17, 15) is 18.0 Å². The summed E-state index contributed by atoms with van der Waals surface area (Å²) in [5.74, 6) is -1.22. The van der Waals surface area contributed by atoms with Crippen molar-refractivity contribution in [2.24, 2.45) is 0 Å². The van der Waals surface area contributed by atoms with Crippen molar-refractivity contribution in [3.63, 3.8) is 0 Å². The van der Waals surface area contributed by atoms with Crippen LogP contribution in [0.3, 0.4) is 0 Å². The van der Waals surface area contributed by atoms with Gasteiger partial charge in [0.05, 0.1) is 13.2 Å². The Morgan fingerprint density at radius 1 is 1.23 bits per heavy atom. The maximum Gasteiger partial charge on any atom is 0.355 e. The summed E-state index contributed by atoms with van der Waals surface area (Å²) in [4.78, 5) is 26.6. The fourth-order valence-corrected chi connectivity index (χ4v) is 4.47. The Morgan fingerprint density at radius 3 is 2.70 bits per heavy atom. The van der Waals surface area contributed by atoms with E-state index in [-0.39, 0.29) is 23.7 Å². The molecule has 1 saturated heterocycles. The molecule has 2 heterocycles. The lowest BCUT2D eigenvalue weighted by Gasteiger charge is -2.25. The lowest BCUT2D eigenvalue weighted by atomic mass is 10.1. The zero-order chi connectivity index (χ0) is 21.6. The van der Waals surface area contributed by atoms with Gasteiger partial charge in [-0.1, -0.05) is 24.3 Å². The van der Waals surface area contributed by atoms with Crippen molar-refractivity contribution in [3.05, 3.63) is 53.3 Å². The Bertz CT molecular complexity index is 995. The SMILES string of the molecule is Cc1ccccc1CCNC(=O)COC(=O)c1cc(S(=O)(=O)N2CCOCC2)c[nH]1. The summed E-state index contributed by atoms with van der Waals surface area (Å²) in [5, 5.41) is 2.70. The molecule has 3 rings (SSSR count). The monoisotopic (exact) mass is 435 g/mol. The predicted molar refractivity (Wildman–Crippen MR) is 109 cm³/mol. The Balaban J connectivity index is 1.47. The van der Waals surface area contributed by atoms with Crippen LogP contribution in [0.2, 0.25) is 0 Å². The van der Waals surface area contributed by atoms with Crippen LogP contribution in [0.4, 0.5) is 0 Å². The third-order valence-corrected chi connectivity index (χ3v) is 6.67. The average Bonchev–Trinajstić information content (AvgIpc) is 3.25. The molecular weight excluding hydrogens is 410 g/mol. The van der Waals surface area contributed by atoms with Crippen molar-refractivity contribution >= 4 is 21.9 Å². The fourth-order valence-electron chi connectivity index (χ4n) is 3.06. The average molecular weight is 436 g/mol. The van der Waals surface area contributed by atoms with Gasteiger partial charge in [-0.25, -0.2) is 13.2 Å². The van der Waals surface area contributed by atoms with E-state index in [1.54, 1.807) is 0 Å². The Labute approximate surface area is 175 Å². The maximum absolute atomic E-state index is 12.6. The molecule has 30 heavy (non-hydrogen) atoms. The number of rotatable bonds is 8. The number of hydrogen-bond donors (Lipinski definition) is 2. The highest BCUT2D eigenvalue weighted by molar-refractivity contribution is 7.89. The van der Waals surface area contributed by atoms with Crippen molar-refractivity contribution in [1.29, 1.82) is 0 Å². The summed E-state index contributed by atoms with van der Waals surface area (Å²) in [6.07, 6.45) is 1.91. The van der Waals surface area contributed by atoms with Crippen LogP contribution in [0.15, 0.2) is 41.4 Å². The van der Waals surface area contributed by atoms with E-state index in [1.165, 1.54) is 16.6 Å². The number of sulfonamides is 1. The molecule has 0 bridgehead atoms. The second-order valence-corrected chi connectivity index (χ2v) is 8.81. The first kappa shape index (κ1) is 22.0. The lowest BCUT2D eigenvalue weighted by Crippen LogP contribution is -2.40. The number of hydrogen-bond acceptors (Lipinski definition) is 6. The number of H-pyrrole nitrogens is 1. The molecule has 0 spiro atoms. The number of ether oxygens (including phenoxy) is 2. The van der Waals surface area contributed by atoms with E-state index < -0.39 is 28.5 Å². The van der Waals surface area contributed by atoms with Gasteiger partial charge in [-0.15, -0.1) is 0 Å². The molecule has 1 aliphatic rings. The molecule has 1 aromatic heterocycles. The fraction of sp³-hybridized carbons (Fsp3) is 0.400. The number of nitrogens with zero attached hydrogens (tertiary/aromatic N) is 1. The normalized spacial score (nSPS) is 15.0. The van der Waals surface area contributed by atoms with Gasteiger partial charge < -0.3 is 19.8 Å². The van der Waals surface area contributed by atoms with Gasteiger partial charge in [0.25, 0.3) is 5.91 Å². The lowest BCUT2D eigenvalue weighted by molar-refractivity contribution is -0.124. The van der Waals surface area contributed by atoms with Crippen LogP contribution < -0.4 is 5.32 Å². The second kappa shape index (κ2) is 9.88. The van der Waals surface area contributed by atoms with Gasteiger partial charge in [-0.3, -0.25) is 4.79 Å². The first-order chi connectivity index (χ1) is 14.4. The highest BCUT2D eigenvalue weighted by Gasteiger charge is 2.28. The largest absolute Gasteiger partial charge is 0.451 e. The molecule has 2 aromatic rings. The van der Waals surface area contributed by atoms with E-state index in [1.807, 2.05) is 31.2 Å². The molecule has 10 heteroatoms. The van der Waals surface area contributed by atoms with Gasteiger partial charge in [0, 0.05) is 25.8 Å². The number of aryl methyl sites for hydroxylation is 1. The molecule has 1 aromatic carbocycles. The number of benzene rings is 1. The smallest absolute Gasteiger partial charge is 0.355 e. The summed E-state index contributed by atoms with van der Waals surface area (Å²) >= 11 is 0. The van der Waals surface area contributed by atoms with Crippen molar-refractivity contribution in [2.75, 3.05) is 39.5 Å². The third-order valence-electron chi connectivity index (χ3n) is 4.80. The molecule has 1 aliphatic heterocycles.